The van der Waals surface area contributed by atoms with Gasteiger partial charge >= 0.3 is 12.1 Å². The molecule has 4 aliphatic heterocycles. The van der Waals surface area contributed by atoms with Gasteiger partial charge in [-0.15, -0.1) is 0 Å². The second-order valence-corrected chi connectivity index (χ2v) is 15.4. The van der Waals surface area contributed by atoms with E-state index in [9.17, 15) is 19.5 Å². The van der Waals surface area contributed by atoms with Crippen molar-refractivity contribution in [3.63, 3.8) is 0 Å². The zero-order valence-corrected chi connectivity index (χ0v) is 30.7. The van der Waals surface area contributed by atoms with Gasteiger partial charge in [0.15, 0.2) is 11.8 Å². The number of carbonyl (C=O) groups excluding carboxylic acids is 3. The number of anilines is 1. The maximum absolute atomic E-state index is 13.9. The second-order valence-electron chi connectivity index (χ2n) is 12.3. The number of rotatable bonds is 9. The van der Waals surface area contributed by atoms with Gasteiger partial charge in [0.05, 0.1) is 31.9 Å². The number of nitrogens with zero attached hydrogens (tertiary/aromatic N) is 1. The van der Waals surface area contributed by atoms with Gasteiger partial charge in [0.25, 0.3) is 0 Å². The molecule has 0 saturated carbocycles. The van der Waals surface area contributed by atoms with Gasteiger partial charge in [-0.25, -0.2) is 9.59 Å². The lowest BCUT2D eigenvalue weighted by Gasteiger charge is -2.53. The van der Waals surface area contributed by atoms with Crippen molar-refractivity contribution < 1.29 is 47.9 Å². The van der Waals surface area contributed by atoms with Crippen LogP contribution in [0.5, 0.6) is 5.75 Å². The van der Waals surface area contributed by atoms with Crippen LogP contribution < -0.4 is 15.0 Å². The minimum atomic E-state index is -1.80. The lowest BCUT2D eigenvalue weighted by molar-refractivity contribution is -0.281. The standard InChI is InChI=1S/C33H45ClN2O10S2/c1-19-9-8-10-26(42-6)33(40)18-24(44-31(39)35-33)25-17-32(3,46-25)27(45-30(38)20(2)43-11-12-48-47-7)16-28(37)36(4)22-14-21(13-19)15-23(41-5)29(22)34/h8-10,14-15,20,24-27,40H,11-13,16-18H2,1-7H3,(H,35,39)/b10-8+,19-9+/t20-,24-,25+,26+,27-,32+,33-/m0/s1. The third-order valence-electron chi connectivity index (χ3n) is 8.72. The number of carbonyl (C=O) groups is 3. The zero-order chi connectivity index (χ0) is 35.2. The molecule has 0 radical (unpaired) electrons. The highest BCUT2D eigenvalue weighted by molar-refractivity contribution is 8.76. The number of allylic oxidation sites excluding steroid dienone is 3. The van der Waals surface area contributed by atoms with E-state index in [1.54, 1.807) is 60.7 Å². The first-order chi connectivity index (χ1) is 22.7. The fourth-order valence-electron chi connectivity index (χ4n) is 6.01. The molecule has 2 amide bonds. The Morgan fingerprint density at radius 3 is 2.65 bits per heavy atom. The quantitative estimate of drug-likeness (QED) is 0.204. The molecule has 48 heavy (non-hydrogen) atoms. The van der Waals surface area contributed by atoms with Gasteiger partial charge in [0, 0.05) is 32.8 Å². The first-order valence-corrected chi connectivity index (χ1v) is 18.7. The van der Waals surface area contributed by atoms with Crippen molar-refractivity contribution in [2.75, 3.05) is 44.8 Å². The number of methoxy groups -OCH3 is 2. The molecule has 266 valence electrons. The summed E-state index contributed by atoms with van der Waals surface area (Å²) in [6.07, 6.45) is 2.53. The minimum Gasteiger partial charge on any atom is -0.495 e. The topological polar surface area (TPSA) is 142 Å². The second kappa shape index (κ2) is 16.5. The number of nitrogens with one attached hydrogen (secondary N) is 1. The van der Waals surface area contributed by atoms with E-state index in [0.717, 1.165) is 11.1 Å². The molecule has 7 atom stereocenters. The Morgan fingerprint density at radius 2 is 1.98 bits per heavy atom. The van der Waals surface area contributed by atoms with Crippen molar-refractivity contribution in [3.05, 3.63) is 46.5 Å². The maximum atomic E-state index is 13.9. The normalized spacial score (nSPS) is 31.8. The van der Waals surface area contributed by atoms with Gasteiger partial charge in [0.2, 0.25) is 5.91 Å². The van der Waals surface area contributed by atoms with Gasteiger partial charge < -0.3 is 38.4 Å². The Morgan fingerprint density at radius 1 is 1.25 bits per heavy atom. The lowest BCUT2D eigenvalue weighted by Crippen LogP contribution is -2.68. The van der Waals surface area contributed by atoms with Crippen LogP contribution >= 0.6 is 33.2 Å². The molecule has 0 unspecified atom stereocenters. The number of alkyl carbamates (subject to hydrolysis) is 1. The van der Waals surface area contributed by atoms with Crippen LogP contribution in [0.25, 0.3) is 0 Å². The van der Waals surface area contributed by atoms with Crippen LogP contribution in [-0.4, -0.2) is 105 Å². The number of benzene rings is 1. The fourth-order valence-corrected chi connectivity index (χ4v) is 7.36. The molecule has 2 fully saturated rings. The van der Waals surface area contributed by atoms with Gasteiger partial charge in [0.1, 0.15) is 34.7 Å². The molecule has 15 heteroatoms. The van der Waals surface area contributed by atoms with E-state index in [1.165, 1.54) is 19.1 Å². The monoisotopic (exact) mass is 728 g/mol. The number of hydrogen-bond acceptors (Lipinski definition) is 12. The molecule has 1 aromatic rings. The van der Waals surface area contributed by atoms with Gasteiger partial charge in [-0.05, 0) is 51.1 Å². The molecule has 5 rings (SSSR count). The number of amides is 2. The van der Waals surface area contributed by atoms with Crippen LogP contribution in [0.2, 0.25) is 5.02 Å². The maximum Gasteiger partial charge on any atom is 0.409 e. The highest BCUT2D eigenvalue weighted by Gasteiger charge is 2.57. The van der Waals surface area contributed by atoms with Gasteiger partial charge in [-0.1, -0.05) is 57.0 Å². The minimum absolute atomic E-state index is 0.0415. The van der Waals surface area contributed by atoms with Crippen LogP contribution in [0.1, 0.15) is 45.6 Å². The summed E-state index contributed by atoms with van der Waals surface area (Å²) in [5, 5.41) is 14.3. The van der Waals surface area contributed by atoms with Crippen molar-refractivity contribution in [1.82, 2.24) is 5.32 Å². The Kier molecular flexibility index (Phi) is 13.2. The summed E-state index contributed by atoms with van der Waals surface area (Å²) in [6.45, 7) is 5.61. The first kappa shape index (κ1) is 38.3. The number of aliphatic hydroxyl groups is 1. The molecule has 4 heterocycles. The van der Waals surface area contributed by atoms with E-state index in [0.29, 0.717) is 30.2 Å². The molecule has 6 bridgehead atoms. The summed E-state index contributed by atoms with van der Waals surface area (Å²) in [5.41, 5.74) is -0.722. The largest absolute Gasteiger partial charge is 0.495 e. The van der Waals surface area contributed by atoms with Gasteiger partial charge in [-0.3, -0.25) is 10.1 Å². The van der Waals surface area contributed by atoms with Crippen molar-refractivity contribution >= 4 is 56.8 Å². The zero-order valence-electron chi connectivity index (χ0n) is 28.3. The van der Waals surface area contributed by atoms with Gasteiger partial charge in [-0.2, -0.15) is 0 Å². The predicted molar refractivity (Wildman–Crippen MR) is 186 cm³/mol. The molecule has 2 saturated heterocycles. The molecule has 12 nitrogen and oxygen atoms in total. The number of hydrogen-bond donors (Lipinski definition) is 2. The number of fused-ring (bicyclic) bond motifs is 6. The van der Waals surface area contributed by atoms with Crippen LogP contribution in [0, 0.1) is 0 Å². The van der Waals surface area contributed by atoms with E-state index in [1.807, 2.05) is 25.3 Å². The average Bonchev–Trinajstić information content (AvgIpc) is 3.02. The number of ether oxygens (including phenoxy) is 6. The molecule has 2 N–H and O–H groups in total. The molecular formula is C33H45ClN2O10S2. The highest BCUT2D eigenvalue weighted by atomic mass is 35.5. The van der Waals surface area contributed by atoms with E-state index >= 15 is 0 Å². The molecule has 0 aliphatic carbocycles. The van der Waals surface area contributed by atoms with Crippen LogP contribution in [0.3, 0.4) is 0 Å². The third kappa shape index (κ3) is 9.01. The molecular weight excluding hydrogens is 684 g/mol. The molecule has 1 aromatic carbocycles. The summed E-state index contributed by atoms with van der Waals surface area (Å²) in [7, 11) is 7.75. The Bertz CT molecular complexity index is 1400. The highest BCUT2D eigenvalue weighted by Crippen LogP contribution is 2.44. The predicted octanol–water partition coefficient (Wildman–Crippen LogP) is 4.84. The van der Waals surface area contributed by atoms with Crippen LogP contribution in [-0.2, 0) is 39.7 Å². The summed E-state index contributed by atoms with van der Waals surface area (Å²) >= 11 is 6.71. The summed E-state index contributed by atoms with van der Waals surface area (Å²) in [5.74, 6) is 0.0603. The van der Waals surface area contributed by atoms with E-state index in [4.69, 9.17) is 40.0 Å². The SMILES string of the molecule is COc1cc2cc(c1Cl)N(C)C(=O)C[C@H](OC(=O)[C@H](C)OCCSSC)[C@@]1(C)C[C@@H](O1)[C@@H]1C[C@@](O)(NC(=O)O1)[C@H](OC)/C=C/C=C(\C)C2. The summed E-state index contributed by atoms with van der Waals surface area (Å²) in [6, 6.07) is 3.62. The Balaban J connectivity index is 1.71. The Labute approximate surface area is 294 Å². The van der Waals surface area contributed by atoms with Crippen LogP contribution in [0.15, 0.2) is 35.9 Å². The summed E-state index contributed by atoms with van der Waals surface area (Å²) < 4.78 is 34.6. The van der Waals surface area contributed by atoms with Crippen molar-refractivity contribution in [3.8, 4) is 5.75 Å². The Hall–Kier alpha value is -2.46. The van der Waals surface area contributed by atoms with Crippen LogP contribution in [0.4, 0.5) is 10.5 Å². The molecule has 4 aliphatic rings. The summed E-state index contributed by atoms with van der Waals surface area (Å²) in [4.78, 5) is 41.2. The fraction of sp³-hybridized carbons (Fsp3) is 0.606. The smallest absolute Gasteiger partial charge is 0.409 e. The van der Waals surface area contributed by atoms with Crippen molar-refractivity contribution in [2.45, 2.75) is 88.3 Å². The van der Waals surface area contributed by atoms with E-state index < -0.39 is 53.9 Å². The third-order valence-corrected chi connectivity index (χ3v) is 10.9. The molecule has 0 spiro atoms. The van der Waals surface area contributed by atoms with E-state index in [-0.39, 0.29) is 30.2 Å². The molecule has 0 aromatic heterocycles. The first-order valence-electron chi connectivity index (χ1n) is 15.6. The van der Waals surface area contributed by atoms with Crippen molar-refractivity contribution in [2.24, 2.45) is 0 Å². The average molecular weight is 729 g/mol. The number of esters is 1. The van der Waals surface area contributed by atoms with Crippen molar-refractivity contribution in [1.29, 1.82) is 0 Å². The number of halogens is 1. The lowest BCUT2D eigenvalue weighted by atomic mass is 9.79. The van der Waals surface area contributed by atoms with E-state index in [2.05, 4.69) is 5.32 Å².